The van der Waals surface area contributed by atoms with Gasteiger partial charge in [0.25, 0.3) is 0 Å². The molecule has 1 N–H and O–H groups in total. The Morgan fingerprint density at radius 3 is 2.51 bits per heavy atom. The van der Waals surface area contributed by atoms with Crippen LogP contribution in [0.1, 0.15) is 58.9 Å². The smallest absolute Gasteiger partial charge is 0.490 e. The number of fused-ring (bicyclic) bond motifs is 1. The van der Waals surface area contributed by atoms with Crippen LogP contribution < -0.4 is 10.2 Å². The van der Waals surface area contributed by atoms with Crippen molar-refractivity contribution in [2.45, 2.75) is 65.1 Å². The van der Waals surface area contributed by atoms with Crippen molar-refractivity contribution in [1.82, 2.24) is 15.5 Å². The molecule has 1 aromatic heterocycles. The summed E-state index contributed by atoms with van der Waals surface area (Å²) in [5.41, 5.74) is 6.04. The minimum absolute atomic E-state index is 0.0246. The van der Waals surface area contributed by atoms with E-state index in [2.05, 4.69) is 22.4 Å². The second-order valence-corrected chi connectivity index (χ2v) is 10.9. The number of nitrogens with one attached hydrogen (secondary N) is 1. The van der Waals surface area contributed by atoms with Gasteiger partial charge in [-0.3, -0.25) is 4.79 Å². The number of hydrogen-bond donors (Lipinski definition) is 1. The van der Waals surface area contributed by atoms with Crippen LogP contribution in [0.3, 0.4) is 0 Å². The van der Waals surface area contributed by atoms with Gasteiger partial charge in [-0.15, -0.1) is 5.06 Å². The van der Waals surface area contributed by atoms with Crippen LogP contribution in [0.5, 0.6) is 5.75 Å². The van der Waals surface area contributed by atoms with Crippen molar-refractivity contribution in [2.75, 3.05) is 13.1 Å². The maximum atomic E-state index is 11.9. The zero-order valence-electron chi connectivity index (χ0n) is 22.7. The molecular weight excluding hydrogens is 500 g/mol. The third-order valence-electron chi connectivity index (χ3n) is 6.69. The average Bonchev–Trinajstić information content (AvgIpc) is 3.32. The summed E-state index contributed by atoms with van der Waals surface area (Å²) in [6.07, 6.45) is 2.06. The lowest BCUT2D eigenvalue weighted by Gasteiger charge is -2.31. The van der Waals surface area contributed by atoms with Crippen molar-refractivity contribution < 1.29 is 28.3 Å². The predicted molar refractivity (Wildman–Crippen MR) is 145 cm³/mol. The number of ether oxygens (including phenoxy) is 2. The van der Waals surface area contributed by atoms with E-state index in [1.807, 2.05) is 42.5 Å². The van der Waals surface area contributed by atoms with Crippen molar-refractivity contribution in [3.63, 3.8) is 0 Å². The molecule has 206 valence electrons. The Morgan fingerprint density at radius 1 is 1.10 bits per heavy atom. The second kappa shape index (κ2) is 11.1. The summed E-state index contributed by atoms with van der Waals surface area (Å²) in [7, 11) is 0. The van der Waals surface area contributed by atoms with Gasteiger partial charge in [-0.25, -0.2) is 15.2 Å². The molecule has 0 radical (unpaired) electrons. The zero-order valence-corrected chi connectivity index (χ0v) is 22.7. The largest absolute Gasteiger partial charge is 0.528 e. The Morgan fingerprint density at radius 2 is 1.82 bits per heavy atom. The molecule has 0 aliphatic carbocycles. The number of hydrogen-bond acceptors (Lipinski definition) is 9. The van der Waals surface area contributed by atoms with Crippen LogP contribution in [0.2, 0.25) is 0 Å². The zero-order chi connectivity index (χ0) is 27.6. The minimum atomic E-state index is -0.686. The summed E-state index contributed by atoms with van der Waals surface area (Å²) in [6.45, 7) is 8.62. The van der Waals surface area contributed by atoms with Gasteiger partial charge in [-0.2, -0.15) is 5.10 Å². The molecule has 1 unspecified atom stereocenters. The highest BCUT2D eigenvalue weighted by Gasteiger charge is 2.27. The Labute approximate surface area is 227 Å². The van der Waals surface area contributed by atoms with Crippen molar-refractivity contribution in [1.29, 1.82) is 0 Å². The normalized spacial score (nSPS) is 18.9. The van der Waals surface area contributed by atoms with E-state index in [1.54, 1.807) is 25.8 Å². The van der Waals surface area contributed by atoms with Crippen molar-refractivity contribution in [3.8, 4) is 17.2 Å². The topological polar surface area (TPSA) is 115 Å². The Bertz CT molecular complexity index is 1370. The monoisotopic (exact) mass is 534 g/mol. The molecule has 5 rings (SSSR count). The standard InChI is InChI=1S/C29H34N4O6/c1-5-18-17-25(34)31-32-26(18)20-8-11-23-24(16-20)37-27(30-23)19-6-9-21(10-7-19)36-22-12-14-33(15-13-22)39-28(35)38-29(2,3)4/h6-11,16,18,22H,5,12-15,17H2,1-4H3,(H,31,34). The fraction of sp³-hybridized carbons (Fsp3) is 0.448. The van der Waals surface area contributed by atoms with Crippen LogP contribution in [0, 0.1) is 5.92 Å². The maximum absolute atomic E-state index is 11.9. The molecule has 0 bridgehead atoms. The van der Waals surface area contributed by atoms with Crippen LogP contribution in [0.15, 0.2) is 52.0 Å². The number of benzene rings is 2. The van der Waals surface area contributed by atoms with Crippen LogP contribution >= 0.6 is 0 Å². The van der Waals surface area contributed by atoms with E-state index in [-0.39, 0.29) is 17.9 Å². The lowest BCUT2D eigenvalue weighted by molar-refractivity contribution is -0.158. The number of piperidine rings is 1. The summed E-state index contributed by atoms with van der Waals surface area (Å²) in [4.78, 5) is 33.5. The van der Waals surface area contributed by atoms with Gasteiger partial charge in [0, 0.05) is 49.4 Å². The van der Waals surface area contributed by atoms with Gasteiger partial charge in [0.15, 0.2) is 5.58 Å². The Kier molecular flexibility index (Phi) is 7.56. The van der Waals surface area contributed by atoms with E-state index in [4.69, 9.17) is 18.7 Å². The number of hydrazone groups is 1. The van der Waals surface area contributed by atoms with Gasteiger partial charge in [-0.05, 0) is 63.6 Å². The molecule has 2 aliphatic heterocycles. The first-order valence-corrected chi connectivity index (χ1v) is 13.4. The fourth-order valence-electron chi connectivity index (χ4n) is 4.71. The molecule has 3 aromatic rings. The number of oxazole rings is 1. The van der Waals surface area contributed by atoms with Gasteiger partial charge in [0.1, 0.15) is 23.0 Å². The maximum Gasteiger partial charge on any atom is 0.528 e. The molecule has 10 heteroatoms. The molecular formula is C29H34N4O6. The summed E-state index contributed by atoms with van der Waals surface area (Å²) >= 11 is 0. The molecule has 1 atom stereocenters. The summed E-state index contributed by atoms with van der Waals surface area (Å²) in [5, 5.41) is 5.92. The first-order valence-electron chi connectivity index (χ1n) is 13.4. The summed E-state index contributed by atoms with van der Waals surface area (Å²) in [6, 6.07) is 13.5. The third kappa shape index (κ3) is 6.57. The molecule has 10 nitrogen and oxygen atoms in total. The minimum Gasteiger partial charge on any atom is -0.490 e. The van der Waals surface area contributed by atoms with Crippen LogP contribution in [-0.2, 0) is 14.4 Å². The molecule has 2 aromatic carbocycles. The molecule has 0 saturated carbocycles. The number of carbonyl (C=O) groups excluding carboxylic acids is 2. The van der Waals surface area contributed by atoms with E-state index < -0.39 is 11.8 Å². The molecule has 0 spiro atoms. The first-order chi connectivity index (χ1) is 18.7. The van der Waals surface area contributed by atoms with E-state index in [0.29, 0.717) is 31.0 Å². The quantitative estimate of drug-likeness (QED) is 0.415. The van der Waals surface area contributed by atoms with Crippen molar-refractivity contribution in [2.24, 2.45) is 11.0 Å². The van der Waals surface area contributed by atoms with E-state index >= 15 is 0 Å². The van der Waals surface area contributed by atoms with Gasteiger partial charge < -0.3 is 18.7 Å². The third-order valence-corrected chi connectivity index (χ3v) is 6.69. The SMILES string of the molecule is CCC1CC(=O)NN=C1c1ccc2nc(-c3ccc(OC4CCN(OC(=O)OC(C)(C)C)CC4)cc3)oc2c1. The molecule has 1 fully saturated rings. The highest BCUT2D eigenvalue weighted by atomic mass is 16.8. The molecule has 39 heavy (non-hydrogen) atoms. The lowest BCUT2D eigenvalue weighted by atomic mass is 9.90. The second-order valence-electron chi connectivity index (χ2n) is 10.9. The number of nitrogens with zero attached hydrogens (tertiary/aromatic N) is 3. The molecule has 1 amide bonds. The van der Waals surface area contributed by atoms with E-state index in [0.717, 1.165) is 47.4 Å². The van der Waals surface area contributed by atoms with Crippen LogP contribution in [0.25, 0.3) is 22.6 Å². The molecule has 2 aliphatic rings. The van der Waals surface area contributed by atoms with Crippen molar-refractivity contribution in [3.05, 3.63) is 48.0 Å². The summed E-state index contributed by atoms with van der Waals surface area (Å²) in [5.74, 6) is 1.30. The fourth-order valence-corrected chi connectivity index (χ4v) is 4.71. The van der Waals surface area contributed by atoms with Crippen LogP contribution in [-0.4, -0.2) is 52.6 Å². The first kappa shape index (κ1) is 26.7. The number of carbonyl (C=O) groups is 2. The van der Waals surface area contributed by atoms with Crippen LogP contribution in [0.4, 0.5) is 4.79 Å². The number of amides is 1. The Hall–Kier alpha value is -3.92. The highest BCUT2D eigenvalue weighted by molar-refractivity contribution is 6.07. The van der Waals surface area contributed by atoms with E-state index in [1.165, 1.54) is 0 Å². The van der Waals surface area contributed by atoms with Gasteiger partial charge in [0.2, 0.25) is 11.8 Å². The van der Waals surface area contributed by atoms with E-state index in [9.17, 15) is 9.59 Å². The predicted octanol–water partition coefficient (Wildman–Crippen LogP) is 5.45. The van der Waals surface area contributed by atoms with Gasteiger partial charge in [0.05, 0.1) is 5.71 Å². The average molecular weight is 535 g/mol. The number of aromatic nitrogens is 1. The highest BCUT2D eigenvalue weighted by Crippen LogP contribution is 2.29. The van der Waals surface area contributed by atoms with Gasteiger partial charge in [-0.1, -0.05) is 13.0 Å². The lowest BCUT2D eigenvalue weighted by Crippen LogP contribution is -2.40. The number of hydroxylamine groups is 2. The molecule has 1 saturated heterocycles. The Balaban J connectivity index is 1.19. The van der Waals surface area contributed by atoms with Crippen molar-refractivity contribution >= 4 is 28.9 Å². The van der Waals surface area contributed by atoms with Gasteiger partial charge >= 0.3 is 6.16 Å². The number of rotatable bonds is 6. The summed E-state index contributed by atoms with van der Waals surface area (Å²) < 4.78 is 17.5. The molecule has 3 heterocycles.